The van der Waals surface area contributed by atoms with Crippen molar-refractivity contribution in [2.75, 3.05) is 20.1 Å². The third kappa shape index (κ3) is 2.69. The number of carbonyl (C=O) groups is 1. The van der Waals surface area contributed by atoms with Crippen molar-refractivity contribution in [2.24, 2.45) is 5.73 Å². The molecule has 1 heterocycles. The Balaban J connectivity index is 2.12. The molecule has 1 saturated carbocycles. The Morgan fingerprint density at radius 3 is 2.50 bits per heavy atom. The number of amides is 1. The van der Waals surface area contributed by atoms with Crippen molar-refractivity contribution in [3.8, 4) is 0 Å². The van der Waals surface area contributed by atoms with Gasteiger partial charge < -0.3 is 10.6 Å². The van der Waals surface area contributed by atoms with Gasteiger partial charge in [-0.2, -0.15) is 0 Å². The van der Waals surface area contributed by atoms with Crippen LogP contribution >= 0.6 is 0 Å². The Morgan fingerprint density at radius 2 is 1.89 bits per heavy atom. The predicted molar refractivity (Wildman–Crippen MR) is 73.3 cm³/mol. The molecule has 2 N–H and O–H groups in total. The summed E-state index contributed by atoms with van der Waals surface area (Å²) in [7, 11) is 2.03. The number of nitrogens with two attached hydrogens (primary N) is 1. The van der Waals surface area contributed by atoms with Gasteiger partial charge in [-0.25, -0.2) is 0 Å². The van der Waals surface area contributed by atoms with Crippen molar-refractivity contribution in [3.63, 3.8) is 0 Å². The van der Waals surface area contributed by atoms with E-state index in [9.17, 15) is 4.79 Å². The fourth-order valence-electron chi connectivity index (χ4n) is 3.33. The highest BCUT2D eigenvalue weighted by atomic mass is 16.2. The molecule has 2 rings (SSSR count). The summed E-state index contributed by atoms with van der Waals surface area (Å²) in [6.45, 7) is 3.54. The van der Waals surface area contributed by atoms with Crippen LogP contribution in [0.5, 0.6) is 0 Å². The number of nitrogens with zero attached hydrogens (tertiary/aromatic N) is 2. The number of likely N-dealkylation sites (N-methyl/N-ethyl adjacent to an activating group) is 1. The maximum absolute atomic E-state index is 12.6. The number of hydrogen-bond donors (Lipinski definition) is 1. The minimum atomic E-state index is -0.121. The molecule has 2 unspecified atom stereocenters. The van der Waals surface area contributed by atoms with E-state index in [0.717, 1.165) is 13.0 Å². The first kappa shape index (κ1) is 13.8. The van der Waals surface area contributed by atoms with Gasteiger partial charge in [-0.05, 0) is 33.2 Å². The Labute approximate surface area is 110 Å². The lowest BCUT2D eigenvalue weighted by molar-refractivity contribution is -0.137. The highest BCUT2D eigenvalue weighted by Crippen LogP contribution is 2.26. The molecule has 1 saturated heterocycles. The Morgan fingerprint density at radius 1 is 1.22 bits per heavy atom. The van der Waals surface area contributed by atoms with E-state index in [1.54, 1.807) is 0 Å². The van der Waals surface area contributed by atoms with Crippen LogP contribution in [0.1, 0.15) is 45.4 Å². The van der Waals surface area contributed by atoms with Crippen LogP contribution in [0.25, 0.3) is 0 Å². The van der Waals surface area contributed by atoms with Crippen LogP contribution in [-0.2, 0) is 4.79 Å². The fraction of sp³-hybridized carbons (Fsp3) is 0.929. The second kappa shape index (κ2) is 6.02. The van der Waals surface area contributed by atoms with Crippen molar-refractivity contribution in [1.82, 2.24) is 9.80 Å². The number of hydrogen-bond acceptors (Lipinski definition) is 3. The molecular formula is C14H27N3O. The van der Waals surface area contributed by atoms with Gasteiger partial charge in [0.1, 0.15) is 6.04 Å². The van der Waals surface area contributed by atoms with Crippen molar-refractivity contribution in [2.45, 2.75) is 63.6 Å². The molecule has 2 aliphatic rings. The van der Waals surface area contributed by atoms with Gasteiger partial charge in [-0.3, -0.25) is 9.69 Å². The van der Waals surface area contributed by atoms with Crippen LogP contribution in [0.3, 0.4) is 0 Å². The molecular weight excluding hydrogens is 226 g/mol. The average Bonchev–Trinajstić information content (AvgIpc) is 2.50. The van der Waals surface area contributed by atoms with Crippen molar-refractivity contribution < 1.29 is 4.79 Å². The third-order valence-corrected chi connectivity index (χ3v) is 4.78. The summed E-state index contributed by atoms with van der Waals surface area (Å²) in [5, 5.41) is 0. The first-order valence-electron chi connectivity index (χ1n) is 7.37. The van der Waals surface area contributed by atoms with Gasteiger partial charge in [-0.1, -0.05) is 19.3 Å². The smallest absolute Gasteiger partial charge is 0.241 e. The maximum Gasteiger partial charge on any atom is 0.241 e. The zero-order valence-electron chi connectivity index (χ0n) is 11.8. The van der Waals surface area contributed by atoms with Crippen LogP contribution in [0.4, 0.5) is 0 Å². The van der Waals surface area contributed by atoms with E-state index >= 15 is 0 Å². The highest BCUT2D eigenvalue weighted by Gasteiger charge is 2.36. The van der Waals surface area contributed by atoms with Crippen molar-refractivity contribution >= 4 is 5.91 Å². The van der Waals surface area contributed by atoms with E-state index in [0.29, 0.717) is 18.6 Å². The van der Waals surface area contributed by atoms with E-state index in [1.807, 2.05) is 7.05 Å². The number of rotatable bonds is 2. The van der Waals surface area contributed by atoms with Gasteiger partial charge in [0.2, 0.25) is 5.91 Å². The molecule has 0 aromatic carbocycles. The van der Waals surface area contributed by atoms with Crippen LogP contribution in [0.2, 0.25) is 0 Å². The SMILES string of the molecule is CC1CCN(C2CCCCC2)C(=O)C(CN)N1C. The molecule has 1 amide bonds. The zero-order chi connectivity index (χ0) is 13.1. The lowest BCUT2D eigenvalue weighted by Gasteiger charge is -2.35. The normalized spacial score (nSPS) is 32.6. The molecule has 0 radical (unpaired) electrons. The molecule has 0 spiro atoms. The first-order valence-corrected chi connectivity index (χ1v) is 7.37. The molecule has 2 atom stereocenters. The fourth-order valence-corrected chi connectivity index (χ4v) is 3.33. The molecule has 2 fully saturated rings. The third-order valence-electron chi connectivity index (χ3n) is 4.78. The summed E-state index contributed by atoms with van der Waals surface area (Å²) >= 11 is 0. The lowest BCUT2D eigenvalue weighted by atomic mass is 9.93. The molecule has 1 aliphatic heterocycles. The lowest BCUT2D eigenvalue weighted by Crippen LogP contribution is -2.52. The maximum atomic E-state index is 12.6. The van der Waals surface area contributed by atoms with Gasteiger partial charge in [0.15, 0.2) is 0 Å². The summed E-state index contributed by atoms with van der Waals surface area (Å²) in [5.74, 6) is 0.260. The monoisotopic (exact) mass is 253 g/mol. The second-order valence-electron chi connectivity index (χ2n) is 5.88. The first-order chi connectivity index (χ1) is 8.65. The molecule has 0 aromatic heterocycles. The average molecular weight is 253 g/mol. The van der Waals surface area contributed by atoms with E-state index in [1.165, 1.54) is 32.1 Å². The van der Waals surface area contributed by atoms with Crippen LogP contribution in [0, 0.1) is 0 Å². The van der Waals surface area contributed by atoms with Gasteiger partial charge in [0, 0.05) is 25.2 Å². The molecule has 1 aliphatic carbocycles. The Kier molecular flexibility index (Phi) is 4.62. The van der Waals surface area contributed by atoms with Gasteiger partial charge in [-0.15, -0.1) is 0 Å². The summed E-state index contributed by atoms with van der Waals surface area (Å²) in [6.07, 6.45) is 7.30. The van der Waals surface area contributed by atoms with Gasteiger partial charge in [0.25, 0.3) is 0 Å². The standard InChI is InChI=1S/C14H27N3O/c1-11-8-9-17(12-6-4-3-5-7-12)14(18)13(10-15)16(11)2/h11-13H,3-10,15H2,1-2H3. The van der Waals surface area contributed by atoms with E-state index in [-0.39, 0.29) is 11.9 Å². The van der Waals surface area contributed by atoms with Gasteiger partial charge in [0.05, 0.1) is 0 Å². The topological polar surface area (TPSA) is 49.6 Å². The van der Waals surface area contributed by atoms with Crippen LogP contribution < -0.4 is 5.73 Å². The molecule has 4 heteroatoms. The molecule has 104 valence electrons. The summed E-state index contributed by atoms with van der Waals surface area (Å²) in [6, 6.07) is 0.791. The molecule has 0 aromatic rings. The van der Waals surface area contributed by atoms with E-state index in [4.69, 9.17) is 5.73 Å². The van der Waals surface area contributed by atoms with Crippen LogP contribution in [-0.4, -0.2) is 54.0 Å². The van der Waals surface area contributed by atoms with Gasteiger partial charge >= 0.3 is 0 Å². The predicted octanol–water partition coefficient (Wildman–Crippen LogP) is 1.20. The minimum absolute atomic E-state index is 0.121. The zero-order valence-corrected chi connectivity index (χ0v) is 11.8. The van der Waals surface area contributed by atoms with E-state index in [2.05, 4.69) is 16.7 Å². The van der Waals surface area contributed by atoms with Crippen molar-refractivity contribution in [3.05, 3.63) is 0 Å². The van der Waals surface area contributed by atoms with E-state index < -0.39 is 0 Å². The van der Waals surface area contributed by atoms with Crippen LogP contribution in [0.15, 0.2) is 0 Å². The second-order valence-corrected chi connectivity index (χ2v) is 5.88. The van der Waals surface area contributed by atoms with Crippen molar-refractivity contribution in [1.29, 1.82) is 0 Å². The summed E-state index contributed by atoms with van der Waals surface area (Å²) < 4.78 is 0. The number of carbonyl (C=O) groups excluding carboxylic acids is 1. The highest BCUT2D eigenvalue weighted by molar-refractivity contribution is 5.82. The molecule has 18 heavy (non-hydrogen) atoms. The Hall–Kier alpha value is -0.610. The minimum Gasteiger partial charge on any atom is -0.338 e. The quantitative estimate of drug-likeness (QED) is 0.804. The Bertz CT molecular complexity index is 289. The summed E-state index contributed by atoms with van der Waals surface area (Å²) in [5.41, 5.74) is 5.82. The summed E-state index contributed by atoms with van der Waals surface area (Å²) in [4.78, 5) is 16.9. The molecule has 0 bridgehead atoms. The largest absolute Gasteiger partial charge is 0.338 e. The molecule has 4 nitrogen and oxygen atoms in total.